The number of nitrogens with one attached hydrogen (secondary N) is 2. The van der Waals surface area contributed by atoms with Crippen LogP contribution in [0.5, 0.6) is 5.75 Å². The molecule has 0 fully saturated rings. The van der Waals surface area contributed by atoms with Gasteiger partial charge in [-0.1, -0.05) is 42.5 Å². The monoisotopic (exact) mass is 445 g/mol. The van der Waals surface area contributed by atoms with Crippen LogP contribution in [0.4, 0.5) is 0 Å². The van der Waals surface area contributed by atoms with E-state index in [1.54, 1.807) is 19.2 Å². The number of fused-ring (bicyclic) bond motifs is 2. The van der Waals surface area contributed by atoms with E-state index in [9.17, 15) is 4.79 Å². The summed E-state index contributed by atoms with van der Waals surface area (Å²) in [4.78, 5) is 23.4. The number of aromatic nitrogens is 3. The van der Waals surface area contributed by atoms with Gasteiger partial charge in [0.15, 0.2) is 4.77 Å². The lowest BCUT2D eigenvalue weighted by atomic mass is 10.0. The maximum atomic E-state index is 12.8. The number of nitrogens with zero attached hydrogens (tertiary/aromatic N) is 1. The van der Waals surface area contributed by atoms with Crippen LogP contribution in [-0.4, -0.2) is 22.1 Å². The molecule has 0 unspecified atom stereocenters. The lowest BCUT2D eigenvalue weighted by Crippen LogP contribution is -2.05. The largest absolute Gasteiger partial charge is 0.497 e. The Morgan fingerprint density at radius 2 is 1.74 bits per heavy atom. The number of benzene rings is 2. The molecule has 0 amide bonds. The van der Waals surface area contributed by atoms with Crippen LogP contribution < -0.4 is 10.4 Å². The molecule has 31 heavy (non-hydrogen) atoms. The van der Waals surface area contributed by atoms with E-state index in [2.05, 4.69) is 15.0 Å². The number of hydrogen-bond donors (Lipinski definition) is 2. The summed E-state index contributed by atoms with van der Waals surface area (Å²) in [6, 6.07) is 18.6. The van der Waals surface area contributed by atoms with E-state index < -0.39 is 5.63 Å². The summed E-state index contributed by atoms with van der Waals surface area (Å²) in [5.74, 6) is 0.738. The second kappa shape index (κ2) is 7.57. The fraction of sp³-hybridized carbons (Fsp3) is 0.0435. The molecule has 0 atom stereocenters. The highest BCUT2D eigenvalue weighted by molar-refractivity contribution is 7.72. The number of methoxy groups -OCH3 is 1. The normalized spacial score (nSPS) is 11.1. The molecule has 5 aromatic rings. The van der Waals surface area contributed by atoms with Crippen LogP contribution in [0, 0.1) is 9.41 Å². The van der Waals surface area contributed by atoms with Crippen molar-refractivity contribution in [3.8, 4) is 28.1 Å². The predicted octanol–water partition coefficient (Wildman–Crippen LogP) is 5.80. The van der Waals surface area contributed by atoms with Gasteiger partial charge in [-0.3, -0.25) is 0 Å². The first kappa shape index (κ1) is 19.3. The third-order valence-electron chi connectivity index (χ3n) is 5.02. The fourth-order valence-corrected chi connectivity index (χ4v) is 4.12. The summed E-state index contributed by atoms with van der Waals surface area (Å²) in [7, 11) is 1.62. The van der Waals surface area contributed by atoms with Crippen molar-refractivity contribution in [1.29, 1.82) is 0 Å². The van der Waals surface area contributed by atoms with Crippen LogP contribution in [-0.2, 0) is 0 Å². The lowest BCUT2D eigenvalue weighted by molar-refractivity contribution is 0.415. The minimum atomic E-state index is -0.467. The molecule has 3 aromatic heterocycles. The Morgan fingerprint density at radius 1 is 0.968 bits per heavy atom. The second-order valence-electron chi connectivity index (χ2n) is 6.90. The van der Waals surface area contributed by atoms with Gasteiger partial charge < -0.3 is 19.1 Å². The Morgan fingerprint density at radius 3 is 2.52 bits per heavy atom. The zero-order chi connectivity index (χ0) is 21.5. The summed E-state index contributed by atoms with van der Waals surface area (Å²) in [5, 5.41) is 1.52. The van der Waals surface area contributed by atoms with Crippen molar-refractivity contribution in [2.24, 2.45) is 0 Å². The minimum absolute atomic E-state index is 0.355. The van der Waals surface area contributed by atoms with Gasteiger partial charge in [-0.15, -0.1) is 0 Å². The van der Waals surface area contributed by atoms with Gasteiger partial charge in [0.2, 0.25) is 0 Å². The van der Waals surface area contributed by atoms with Crippen LogP contribution in [0.1, 0.15) is 0 Å². The molecular formula is C23H15N3O3S2. The smallest absolute Gasteiger partial charge is 0.345 e. The summed E-state index contributed by atoms with van der Waals surface area (Å²) < 4.78 is 11.6. The first-order chi connectivity index (χ1) is 15.0. The van der Waals surface area contributed by atoms with E-state index in [-0.39, 0.29) is 0 Å². The van der Waals surface area contributed by atoms with E-state index in [4.69, 9.17) is 33.6 Å². The first-order valence-corrected chi connectivity index (χ1v) is 10.2. The Hall–Kier alpha value is -3.62. The molecule has 0 aliphatic rings. The van der Waals surface area contributed by atoms with Crippen molar-refractivity contribution in [1.82, 2.24) is 15.0 Å². The molecule has 0 saturated heterocycles. The standard InChI is InChI=1S/C23H15N3O3S2/c1-28-14-8-6-12(7-9-14)15-11-17(24-20-19(15)21(30)26-23(31)25-20)16-10-13-4-2-3-5-18(13)29-22(16)27/h2-11H,1H3,(H2,24,25,26,30,31). The summed E-state index contributed by atoms with van der Waals surface area (Å²) in [6.45, 7) is 0. The fourth-order valence-electron chi connectivity index (χ4n) is 3.55. The van der Waals surface area contributed by atoms with E-state index in [1.807, 2.05) is 48.5 Å². The van der Waals surface area contributed by atoms with Crippen LogP contribution >= 0.6 is 24.4 Å². The molecule has 0 saturated carbocycles. The third kappa shape index (κ3) is 3.45. The first-order valence-electron chi connectivity index (χ1n) is 9.38. The Balaban J connectivity index is 1.84. The maximum Gasteiger partial charge on any atom is 0.345 e. The number of hydrogen-bond acceptors (Lipinski definition) is 6. The van der Waals surface area contributed by atoms with E-state index in [0.29, 0.717) is 37.3 Å². The van der Waals surface area contributed by atoms with E-state index >= 15 is 0 Å². The number of H-pyrrole nitrogens is 2. The van der Waals surface area contributed by atoms with Gasteiger partial charge in [0.05, 0.1) is 23.8 Å². The molecule has 2 N–H and O–H groups in total. The van der Waals surface area contributed by atoms with Crippen LogP contribution in [0.25, 0.3) is 44.4 Å². The number of pyridine rings is 1. The zero-order valence-electron chi connectivity index (χ0n) is 16.3. The van der Waals surface area contributed by atoms with Gasteiger partial charge in [0.25, 0.3) is 0 Å². The van der Waals surface area contributed by atoms with Gasteiger partial charge in [0, 0.05) is 5.39 Å². The van der Waals surface area contributed by atoms with Gasteiger partial charge in [-0.25, -0.2) is 9.78 Å². The van der Waals surface area contributed by atoms with Crippen molar-refractivity contribution >= 4 is 46.4 Å². The minimum Gasteiger partial charge on any atom is -0.497 e. The number of aromatic amines is 2. The highest BCUT2D eigenvalue weighted by atomic mass is 32.1. The average molecular weight is 446 g/mol. The highest BCUT2D eigenvalue weighted by Crippen LogP contribution is 2.32. The van der Waals surface area contributed by atoms with Gasteiger partial charge in [0.1, 0.15) is 21.6 Å². The van der Waals surface area contributed by atoms with E-state index in [0.717, 1.165) is 22.3 Å². The molecule has 0 radical (unpaired) electrons. The maximum absolute atomic E-state index is 12.8. The number of para-hydroxylation sites is 1. The van der Waals surface area contributed by atoms with Crippen molar-refractivity contribution < 1.29 is 9.15 Å². The molecule has 8 heteroatoms. The number of rotatable bonds is 3. The van der Waals surface area contributed by atoms with E-state index in [1.165, 1.54) is 0 Å². The molecule has 0 aliphatic carbocycles. The lowest BCUT2D eigenvalue weighted by Gasteiger charge is -2.11. The Kier molecular flexibility index (Phi) is 4.72. The van der Waals surface area contributed by atoms with Crippen molar-refractivity contribution in [3.63, 3.8) is 0 Å². The van der Waals surface area contributed by atoms with Crippen molar-refractivity contribution in [3.05, 3.63) is 80.5 Å². The molecular weight excluding hydrogens is 430 g/mol. The molecule has 5 rings (SSSR count). The molecule has 152 valence electrons. The molecule has 6 nitrogen and oxygen atoms in total. The molecule has 0 aliphatic heterocycles. The Bertz CT molecular complexity index is 1630. The van der Waals surface area contributed by atoms with Gasteiger partial charge in [-0.2, -0.15) is 0 Å². The van der Waals surface area contributed by atoms with Gasteiger partial charge >= 0.3 is 5.63 Å². The van der Waals surface area contributed by atoms with Crippen LogP contribution in [0.2, 0.25) is 0 Å². The van der Waals surface area contributed by atoms with Crippen LogP contribution in [0.15, 0.2) is 69.9 Å². The Labute approximate surface area is 186 Å². The zero-order valence-corrected chi connectivity index (χ0v) is 17.9. The quantitative estimate of drug-likeness (QED) is 0.270. The average Bonchev–Trinajstić information content (AvgIpc) is 2.77. The summed E-state index contributed by atoms with van der Waals surface area (Å²) in [6.07, 6.45) is 0. The van der Waals surface area contributed by atoms with Gasteiger partial charge in [-0.05, 0) is 53.7 Å². The summed E-state index contributed by atoms with van der Waals surface area (Å²) in [5.41, 5.74) is 3.06. The number of ether oxygens (including phenoxy) is 1. The molecule has 2 aromatic carbocycles. The second-order valence-corrected chi connectivity index (χ2v) is 7.72. The molecule has 3 heterocycles. The topological polar surface area (TPSA) is 83.9 Å². The SMILES string of the molecule is COc1ccc(-c2cc(-c3cc4ccccc4oc3=O)nc3[nH]c(=S)[nH]c(=S)c23)cc1. The highest BCUT2D eigenvalue weighted by Gasteiger charge is 2.15. The molecule has 0 bridgehead atoms. The van der Waals surface area contributed by atoms with Crippen molar-refractivity contribution in [2.75, 3.05) is 7.11 Å². The molecule has 0 spiro atoms. The van der Waals surface area contributed by atoms with Crippen molar-refractivity contribution in [2.45, 2.75) is 0 Å². The third-order valence-corrected chi connectivity index (χ3v) is 5.53. The predicted molar refractivity (Wildman–Crippen MR) is 126 cm³/mol. The van der Waals surface area contributed by atoms with Crippen LogP contribution in [0.3, 0.4) is 0 Å². The summed E-state index contributed by atoms with van der Waals surface area (Å²) >= 11 is 10.8.